The maximum Gasteiger partial charge on any atom is 0.414 e. The summed E-state index contributed by atoms with van der Waals surface area (Å²) in [6.45, 7) is 26.9. The second-order valence-electron chi connectivity index (χ2n) is 28.9. The summed E-state index contributed by atoms with van der Waals surface area (Å²) >= 11 is 24.0. The molecule has 7 saturated heterocycles. The van der Waals surface area contributed by atoms with Gasteiger partial charge in [-0.05, 0) is 209 Å². The molecule has 12 heterocycles. The van der Waals surface area contributed by atoms with E-state index in [1.54, 1.807) is 109 Å². The van der Waals surface area contributed by atoms with Gasteiger partial charge in [-0.1, -0.05) is 115 Å². The molecule has 27 nitrogen and oxygen atoms in total. The lowest BCUT2D eigenvalue weighted by Gasteiger charge is -2.34. The Morgan fingerprint density at radius 3 is 1.33 bits per heavy atom. The number of carbonyl (C=O) groups is 8. The van der Waals surface area contributed by atoms with Crippen molar-refractivity contribution < 1.29 is 47.8 Å². The first-order valence-electron chi connectivity index (χ1n) is 40.3. The lowest BCUT2D eigenvalue weighted by molar-refractivity contribution is 0.0392. The summed E-state index contributed by atoms with van der Waals surface area (Å²) in [4.78, 5) is 119. The van der Waals surface area contributed by atoms with Crippen molar-refractivity contribution in [3.63, 3.8) is 0 Å². The molecule has 2 atom stereocenters. The number of thiophene rings is 2. The van der Waals surface area contributed by atoms with Crippen molar-refractivity contribution in [2.45, 2.75) is 103 Å². The number of hydrazine groups is 3. The molecule has 2 aromatic heterocycles. The van der Waals surface area contributed by atoms with E-state index >= 15 is 0 Å². The van der Waals surface area contributed by atoms with Gasteiger partial charge in [0, 0.05) is 131 Å². The number of aliphatic imine (C=N–C) groups is 1. The van der Waals surface area contributed by atoms with Crippen molar-refractivity contribution in [2.24, 2.45) is 22.3 Å². The van der Waals surface area contributed by atoms with Crippen molar-refractivity contribution >= 4 is 176 Å². The van der Waals surface area contributed by atoms with Crippen LogP contribution in [0.3, 0.4) is 0 Å². The summed E-state index contributed by atoms with van der Waals surface area (Å²) in [5.74, 6) is 4.92. The molecule has 120 heavy (non-hydrogen) atoms. The standard InChI is InChI=1S/C22H23ClN4O3S.C17H13ClN2O3S.C14H17N3O2.C10H8BrNO2.2C6H14N2.C5H11N.C3H6Br2.CH6N2.CH4.ClH/c23-20-9-8-19(31-20)18(28)7-6-17-14-26(22(29)30-17)16-4-2-15(3-5-16)21-24-10-13-25-11-1-12-27(21)25;1-19-11-2-4-12(5-3-11)20-10-13(23-17(20)22)6-7-14(21)15-8-9-16(18)24-15;1-15-7-4-8-16(15)9-10-17-13(18)11-5-2-3-6-12(11)14(17)19;11-5-6-12-9(13)7-3-1-2-4-8(7)10(12)14;2*7-3-6-8-4-1-2-5-8;1-6-4-2-3-5-6;4-2-1-3-5;1-3-2;;/h2-5,8-9,17H,1,6-7,10-14H2;2-5,8-9,13H,6-7,10H2;2-3,5-6H,4,7-10H2,1H3;1-4H,5-6H2;2*1-7H2;2-5H2,1H3;1-3H2;3H,2H2,1H3;1H4;1H/t17-;13-;;;;;;;;;/m00........./s1. The predicted molar refractivity (Wildman–Crippen MR) is 496 cm³/mol. The molecule has 16 rings (SSSR count). The molecule has 0 bridgehead atoms. The number of amidine groups is 1. The van der Waals surface area contributed by atoms with Crippen LogP contribution in [0.1, 0.15) is 157 Å². The number of likely N-dealkylation sites (tertiary alicyclic amines) is 3. The monoisotopic (exact) mass is 1940 g/mol. The Morgan fingerprint density at radius 2 is 0.967 bits per heavy atom. The van der Waals surface area contributed by atoms with Gasteiger partial charge in [-0.3, -0.25) is 69.6 Å². The van der Waals surface area contributed by atoms with Crippen molar-refractivity contribution in [1.82, 2.24) is 50.0 Å². The quantitative estimate of drug-likeness (QED) is 0.0123. The Labute approximate surface area is 757 Å². The second-order valence-corrected chi connectivity index (χ2v) is 34.7. The van der Waals surface area contributed by atoms with Crippen molar-refractivity contribution in [2.75, 3.05) is 184 Å². The summed E-state index contributed by atoms with van der Waals surface area (Å²) in [6, 6.07) is 35.5. The number of ether oxygens (including phenoxy) is 2. The van der Waals surface area contributed by atoms with Crippen LogP contribution in [-0.2, 0) is 9.47 Å². The maximum atomic E-state index is 12.4. The van der Waals surface area contributed by atoms with Crippen LogP contribution >= 0.6 is 106 Å². The fraction of sp³-hybridized carbons (Fsp3) is 0.506. The number of hydrogen-bond donors (Lipinski definition) is 4. The van der Waals surface area contributed by atoms with Gasteiger partial charge in [0.1, 0.15) is 18.0 Å². The number of alkyl halides is 3. The minimum atomic E-state index is -0.429. The topological polar surface area (TPSA) is 297 Å². The lowest BCUT2D eigenvalue weighted by atomic mass is 10.1. The minimum absolute atomic E-state index is 0. The van der Waals surface area contributed by atoms with Gasteiger partial charge in [0.2, 0.25) is 0 Å². The van der Waals surface area contributed by atoms with Crippen molar-refractivity contribution in [3.05, 3.63) is 179 Å². The van der Waals surface area contributed by atoms with E-state index in [9.17, 15) is 38.4 Å². The number of rotatable bonds is 22. The van der Waals surface area contributed by atoms with E-state index in [0.717, 1.165) is 106 Å². The number of hydrogen-bond acceptors (Lipinski definition) is 24. The van der Waals surface area contributed by atoms with E-state index in [1.165, 1.54) is 122 Å². The number of anilines is 2. The van der Waals surface area contributed by atoms with Crippen LogP contribution in [0.15, 0.2) is 126 Å². The van der Waals surface area contributed by atoms with E-state index in [-0.39, 0.29) is 73.3 Å². The lowest BCUT2D eigenvalue weighted by Crippen LogP contribution is -2.46. The number of imide groups is 2. The third-order valence-electron chi connectivity index (χ3n) is 20.5. The number of Topliss-reactive ketones (excluding diaryl/α,β-unsaturated/α-hetero) is 2. The van der Waals surface area contributed by atoms with Gasteiger partial charge in [-0.15, -0.1) is 35.1 Å². The van der Waals surface area contributed by atoms with Gasteiger partial charge in [-0.2, -0.15) is 0 Å². The highest BCUT2D eigenvalue weighted by Crippen LogP contribution is 2.32. The number of benzene rings is 4. The van der Waals surface area contributed by atoms with Gasteiger partial charge in [0.05, 0.1) is 66.9 Å². The van der Waals surface area contributed by atoms with Gasteiger partial charge in [0.25, 0.3) is 23.6 Å². The Hall–Kier alpha value is -6.69. The summed E-state index contributed by atoms with van der Waals surface area (Å²) in [7, 11) is 5.86. The average molecular weight is 1950 g/mol. The molecule has 4 aromatic carbocycles. The molecule has 7 N–H and O–H groups in total. The van der Waals surface area contributed by atoms with Gasteiger partial charge < -0.3 is 35.6 Å². The number of carbonyl (C=O) groups excluding carboxylic acids is 8. The Bertz CT molecular complexity index is 4180. The average Bonchev–Trinajstić information content (AvgIpc) is 1.62. The van der Waals surface area contributed by atoms with Crippen LogP contribution in [0.5, 0.6) is 0 Å². The normalized spacial score (nSPS) is 18.5. The molecule has 656 valence electrons. The number of nitrogens with one attached hydrogen (secondary N) is 1. The first-order chi connectivity index (χ1) is 57.2. The number of nitrogens with two attached hydrogens (primary N) is 3. The highest BCUT2D eigenvalue weighted by atomic mass is 79.9. The Balaban J connectivity index is 0.000000225. The highest BCUT2D eigenvalue weighted by molar-refractivity contribution is 9.09. The number of fused-ring (bicyclic) bond motifs is 3. The molecule has 6 amide bonds. The van der Waals surface area contributed by atoms with Crippen molar-refractivity contribution in [3.8, 4) is 0 Å². The van der Waals surface area contributed by atoms with Gasteiger partial charge in [0.15, 0.2) is 17.3 Å². The van der Waals surface area contributed by atoms with Crippen LogP contribution in [0.2, 0.25) is 8.67 Å². The van der Waals surface area contributed by atoms with Crippen LogP contribution < -0.4 is 32.5 Å². The molecule has 7 fully saturated rings. The number of ketones is 2. The molecule has 6 aromatic rings. The van der Waals surface area contributed by atoms with E-state index in [2.05, 4.69) is 106 Å². The molecule has 0 radical (unpaired) electrons. The number of nitrogens with zero attached hydrogens (tertiary/aromatic N) is 13. The number of halogens is 6. The zero-order valence-electron chi connectivity index (χ0n) is 68.1. The van der Waals surface area contributed by atoms with Crippen molar-refractivity contribution in [1.29, 1.82) is 0 Å². The second kappa shape index (κ2) is 54.8. The van der Waals surface area contributed by atoms with Crippen LogP contribution in [-0.4, -0.2) is 285 Å². The van der Waals surface area contributed by atoms with Crippen LogP contribution in [0.4, 0.5) is 26.7 Å². The number of cyclic esters (lactones) is 2. The van der Waals surface area contributed by atoms with Crippen LogP contribution in [0.25, 0.3) is 4.85 Å². The van der Waals surface area contributed by atoms with E-state index in [4.69, 9.17) is 55.7 Å². The Kier molecular flexibility index (Phi) is 46.7. The molecule has 0 aliphatic carbocycles. The smallest absolute Gasteiger partial charge is 0.414 e. The van der Waals surface area contributed by atoms with E-state index in [1.807, 2.05) is 31.3 Å². The highest BCUT2D eigenvalue weighted by Gasteiger charge is 2.38. The maximum absolute atomic E-state index is 12.4. The summed E-state index contributed by atoms with van der Waals surface area (Å²) in [5.41, 5.74) is 18.1. The minimum Gasteiger partial charge on any atom is -0.444 e. The molecule has 0 spiro atoms. The van der Waals surface area contributed by atoms with Crippen LogP contribution in [0, 0.1) is 6.57 Å². The SMILES string of the molecule is BrCCCBr.C.CN1CCCC1.CN1CCCN1CCN1C(=O)c2ccccc2C1=O.CNN.Cl.NCCN1CCCC1.NCCN1CCCC1.O=C(CC[C@H]1CN(c2ccc(C3=NCCN4CCCN34)cc2)C(=O)O1)c1ccc(Cl)s1.O=C1c2ccccc2C(=O)N1CCBr.[C-]#[N+]c1ccc(N2C[C@H](CCC(=O)c3ccc(Cl)s3)OC2=O)cc1. The zero-order valence-corrected chi connectivity index (χ0v) is 76.8. The van der Waals surface area contributed by atoms with Gasteiger partial charge in [-0.25, -0.2) is 29.5 Å². The first kappa shape index (κ1) is 102. The molecule has 35 heteroatoms. The predicted octanol–water partition coefficient (Wildman–Crippen LogP) is 14.6. The van der Waals surface area contributed by atoms with E-state index in [0.29, 0.717) is 116 Å². The van der Waals surface area contributed by atoms with E-state index < -0.39 is 6.09 Å². The fourth-order valence-corrected chi connectivity index (χ4v) is 18.0. The third-order valence-corrected chi connectivity index (χ3v) is 24.5. The molecular formula is C85H117Br3Cl3N17O10S2. The third kappa shape index (κ3) is 31.2. The zero-order chi connectivity index (χ0) is 84.9. The Morgan fingerprint density at radius 1 is 0.542 bits per heavy atom. The molecule has 10 aliphatic heterocycles. The summed E-state index contributed by atoms with van der Waals surface area (Å²) in [5, 5.41) is 11.8. The first-order valence-corrected chi connectivity index (χ1v) is 46.1. The summed E-state index contributed by atoms with van der Waals surface area (Å²) < 4.78 is 12.0. The largest absolute Gasteiger partial charge is 0.444 e. The summed E-state index contributed by atoms with van der Waals surface area (Å²) in [6.07, 6.45) is 12.0. The number of amides is 6. The van der Waals surface area contributed by atoms with Gasteiger partial charge >= 0.3 is 12.2 Å². The fourth-order valence-electron chi connectivity index (χ4n) is 14.3. The molecular weight excluding hydrogens is 1830 g/mol. The molecule has 0 unspecified atom stereocenters. The molecule has 0 saturated carbocycles. The molecule has 10 aliphatic rings.